The smallest absolute Gasteiger partial charge is 0.264 e. The van der Waals surface area contributed by atoms with Gasteiger partial charge in [0, 0.05) is 5.56 Å². The summed E-state index contributed by atoms with van der Waals surface area (Å²) in [6.45, 7) is 2.26. The van der Waals surface area contributed by atoms with Crippen molar-refractivity contribution in [3.63, 3.8) is 0 Å². The van der Waals surface area contributed by atoms with E-state index in [9.17, 15) is 13.2 Å². The quantitative estimate of drug-likeness (QED) is 0.805. The molecule has 0 radical (unpaired) electrons. The second-order valence-electron chi connectivity index (χ2n) is 8.27. The first-order chi connectivity index (χ1) is 13.0. The zero-order valence-corrected chi connectivity index (χ0v) is 16.4. The van der Waals surface area contributed by atoms with Crippen LogP contribution in [0.1, 0.15) is 61.7 Å². The molecule has 0 atom stereocenters. The van der Waals surface area contributed by atoms with Gasteiger partial charge in [0.05, 0.1) is 11.4 Å². The monoisotopic (exact) mass is 392 g/mol. The van der Waals surface area contributed by atoms with Crippen molar-refractivity contribution in [3.05, 3.63) is 29.8 Å². The molecule has 1 aromatic carbocycles. The van der Waals surface area contributed by atoms with E-state index in [0.717, 1.165) is 31.7 Å². The van der Waals surface area contributed by atoms with Crippen LogP contribution in [0.5, 0.6) is 5.75 Å². The van der Waals surface area contributed by atoms with E-state index in [-0.39, 0.29) is 6.10 Å². The highest BCUT2D eigenvalue weighted by Gasteiger charge is 2.37. The molecule has 1 spiro atoms. The molecule has 1 amide bonds. The van der Waals surface area contributed by atoms with Gasteiger partial charge in [-0.2, -0.15) is 0 Å². The Labute approximate surface area is 161 Å². The molecular formula is C20H28N2O4S. The van der Waals surface area contributed by atoms with Crippen molar-refractivity contribution in [2.24, 2.45) is 5.41 Å². The van der Waals surface area contributed by atoms with E-state index in [1.165, 1.54) is 25.7 Å². The Morgan fingerprint density at radius 2 is 1.63 bits per heavy atom. The van der Waals surface area contributed by atoms with Crippen LogP contribution < -0.4 is 14.8 Å². The van der Waals surface area contributed by atoms with Gasteiger partial charge in [-0.15, -0.1) is 0 Å². The molecule has 0 unspecified atom stereocenters. The van der Waals surface area contributed by atoms with Crippen LogP contribution in [-0.4, -0.2) is 38.8 Å². The minimum absolute atomic E-state index is 0.223. The summed E-state index contributed by atoms with van der Waals surface area (Å²) in [6, 6.07) is 6.77. The van der Waals surface area contributed by atoms with Gasteiger partial charge in [0.2, 0.25) is 10.0 Å². The molecule has 3 fully saturated rings. The fraction of sp³-hybridized carbons (Fsp3) is 0.650. The van der Waals surface area contributed by atoms with Crippen molar-refractivity contribution >= 4 is 15.9 Å². The van der Waals surface area contributed by atoms with Gasteiger partial charge in [-0.05, 0) is 94.1 Å². The van der Waals surface area contributed by atoms with Gasteiger partial charge in [0.25, 0.3) is 5.91 Å². The topological polar surface area (TPSA) is 84.5 Å². The largest absolute Gasteiger partial charge is 0.490 e. The first-order valence-corrected chi connectivity index (χ1v) is 11.5. The fourth-order valence-electron chi connectivity index (χ4n) is 4.31. The molecule has 2 N–H and O–H groups in total. The van der Waals surface area contributed by atoms with Crippen LogP contribution in [0, 0.1) is 5.41 Å². The number of benzene rings is 1. The molecule has 7 heteroatoms. The molecule has 2 aliphatic carbocycles. The second kappa shape index (κ2) is 7.43. The molecule has 27 heavy (non-hydrogen) atoms. The van der Waals surface area contributed by atoms with Gasteiger partial charge in [-0.1, -0.05) is 0 Å². The Morgan fingerprint density at radius 1 is 1.00 bits per heavy atom. The summed E-state index contributed by atoms with van der Waals surface area (Å²) < 4.78 is 32.0. The van der Waals surface area contributed by atoms with Gasteiger partial charge in [0.15, 0.2) is 0 Å². The Morgan fingerprint density at radius 3 is 2.22 bits per heavy atom. The fourth-order valence-corrected chi connectivity index (χ4v) is 5.61. The molecule has 2 saturated carbocycles. The van der Waals surface area contributed by atoms with Crippen molar-refractivity contribution in [2.75, 3.05) is 13.1 Å². The SMILES string of the molecule is O=C(NS(=O)(=O)C1CC1)c1ccc(OC2CCC3(CCNCC3)CC2)cc1. The van der Waals surface area contributed by atoms with E-state index in [1.54, 1.807) is 24.3 Å². The van der Waals surface area contributed by atoms with E-state index in [4.69, 9.17) is 4.74 Å². The number of nitrogens with one attached hydrogen (secondary N) is 2. The third kappa shape index (κ3) is 4.46. The lowest BCUT2D eigenvalue weighted by molar-refractivity contribution is 0.0572. The van der Waals surface area contributed by atoms with E-state index in [2.05, 4.69) is 10.0 Å². The molecule has 1 saturated heterocycles. The van der Waals surface area contributed by atoms with Gasteiger partial charge < -0.3 is 10.1 Å². The van der Waals surface area contributed by atoms with Crippen LogP contribution in [0.4, 0.5) is 0 Å². The minimum Gasteiger partial charge on any atom is -0.490 e. The average molecular weight is 393 g/mol. The van der Waals surface area contributed by atoms with E-state index < -0.39 is 21.2 Å². The summed E-state index contributed by atoms with van der Waals surface area (Å²) in [6.07, 6.45) is 8.62. The van der Waals surface area contributed by atoms with Crippen LogP contribution in [0.25, 0.3) is 0 Å². The van der Waals surface area contributed by atoms with Crippen LogP contribution >= 0.6 is 0 Å². The highest BCUT2D eigenvalue weighted by atomic mass is 32.2. The number of hydrogen-bond donors (Lipinski definition) is 2. The van der Waals surface area contributed by atoms with Crippen molar-refractivity contribution in [2.45, 2.75) is 62.7 Å². The maximum atomic E-state index is 12.1. The van der Waals surface area contributed by atoms with E-state index >= 15 is 0 Å². The molecule has 0 aromatic heterocycles. The number of ether oxygens (including phenoxy) is 1. The highest BCUT2D eigenvalue weighted by molar-refractivity contribution is 7.91. The molecule has 6 nitrogen and oxygen atoms in total. The van der Waals surface area contributed by atoms with Crippen molar-refractivity contribution in [1.82, 2.24) is 10.0 Å². The molecule has 1 aromatic rings. The first-order valence-electron chi connectivity index (χ1n) is 9.99. The standard InChI is InChI=1S/C20H28N2O4S/c23-19(22-27(24,25)18-5-6-18)15-1-3-16(4-2-15)26-17-7-9-20(10-8-17)11-13-21-14-12-20/h1-4,17-18,21H,5-14H2,(H,22,23). The van der Waals surface area contributed by atoms with Gasteiger partial charge in [-0.3, -0.25) is 4.79 Å². The summed E-state index contributed by atoms with van der Waals surface area (Å²) in [5.41, 5.74) is 0.851. The number of sulfonamides is 1. The Bertz CT molecular complexity index is 771. The predicted octanol–water partition coefficient (Wildman–Crippen LogP) is 2.60. The number of hydrogen-bond acceptors (Lipinski definition) is 5. The average Bonchev–Trinajstić information content (AvgIpc) is 3.51. The third-order valence-corrected chi connectivity index (χ3v) is 8.09. The highest BCUT2D eigenvalue weighted by Crippen LogP contribution is 2.44. The Kier molecular flexibility index (Phi) is 5.16. The minimum atomic E-state index is -3.52. The molecule has 148 valence electrons. The summed E-state index contributed by atoms with van der Waals surface area (Å²) >= 11 is 0. The predicted molar refractivity (Wildman–Crippen MR) is 103 cm³/mol. The number of piperidine rings is 1. The number of carbonyl (C=O) groups excluding carboxylic acids is 1. The van der Waals surface area contributed by atoms with Crippen molar-refractivity contribution in [1.29, 1.82) is 0 Å². The maximum absolute atomic E-state index is 12.1. The van der Waals surface area contributed by atoms with Gasteiger partial charge in [-0.25, -0.2) is 13.1 Å². The maximum Gasteiger partial charge on any atom is 0.264 e. The lowest BCUT2D eigenvalue weighted by Gasteiger charge is -2.43. The zero-order valence-electron chi connectivity index (χ0n) is 15.6. The molecular weight excluding hydrogens is 364 g/mol. The van der Waals surface area contributed by atoms with Crippen LogP contribution in [-0.2, 0) is 10.0 Å². The van der Waals surface area contributed by atoms with Gasteiger partial charge in [0.1, 0.15) is 5.75 Å². The van der Waals surface area contributed by atoms with Crippen molar-refractivity contribution in [3.8, 4) is 5.75 Å². The molecule has 4 rings (SSSR count). The van der Waals surface area contributed by atoms with Crippen LogP contribution in [0.3, 0.4) is 0 Å². The summed E-state index contributed by atoms with van der Waals surface area (Å²) in [5.74, 6) is 0.168. The molecule has 3 aliphatic rings. The lowest BCUT2D eigenvalue weighted by Crippen LogP contribution is -2.40. The molecule has 0 bridgehead atoms. The van der Waals surface area contributed by atoms with Gasteiger partial charge >= 0.3 is 0 Å². The second-order valence-corrected chi connectivity index (χ2v) is 10.2. The Balaban J connectivity index is 1.30. The zero-order chi connectivity index (χ0) is 18.9. The lowest BCUT2D eigenvalue weighted by atomic mass is 9.68. The summed E-state index contributed by atoms with van der Waals surface area (Å²) in [4.78, 5) is 12.1. The third-order valence-electron chi connectivity index (χ3n) is 6.27. The molecule has 1 heterocycles. The van der Waals surface area contributed by atoms with E-state index in [1.807, 2.05) is 0 Å². The van der Waals surface area contributed by atoms with E-state index in [0.29, 0.717) is 23.8 Å². The van der Waals surface area contributed by atoms with Crippen LogP contribution in [0.2, 0.25) is 0 Å². The number of rotatable bonds is 5. The Hall–Kier alpha value is -1.60. The first kappa shape index (κ1) is 18.7. The van der Waals surface area contributed by atoms with Crippen molar-refractivity contribution < 1.29 is 17.9 Å². The number of carbonyl (C=O) groups is 1. The normalized spacial score (nSPS) is 23.1. The molecule has 1 aliphatic heterocycles. The number of amides is 1. The van der Waals surface area contributed by atoms with Crippen LogP contribution in [0.15, 0.2) is 24.3 Å². The summed E-state index contributed by atoms with van der Waals surface area (Å²) in [7, 11) is -3.52. The summed E-state index contributed by atoms with van der Waals surface area (Å²) in [5, 5.41) is 3.04.